The number of halogens is 2. The van der Waals surface area contributed by atoms with Gasteiger partial charge < -0.3 is 4.74 Å². The second kappa shape index (κ2) is 5.50. The largest absolute Gasteiger partial charge is 0.380 e. The van der Waals surface area contributed by atoms with Gasteiger partial charge in [0.05, 0.1) is 11.1 Å². The Balaban J connectivity index is 2.29. The molecule has 1 N–H and O–H groups in total. The van der Waals surface area contributed by atoms with Gasteiger partial charge in [0.2, 0.25) is 10.0 Å². The molecule has 118 valence electrons. The highest BCUT2D eigenvalue weighted by Crippen LogP contribution is 2.47. The molecule has 7 heteroatoms. The van der Waals surface area contributed by atoms with Gasteiger partial charge in [-0.1, -0.05) is 32.4 Å². The first-order valence-electron chi connectivity index (χ1n) is 6.61. The van der Waals surface area contributed by atoms with Crippen molar-refractivity contribution in [3.05, 3.63) is 29.0 Å². The lowest BCUT2D eigenvalue weighted by Crippen LogP contribution is -2.67. The van der Waals surface area contributed by atoms with Crippen LogP contribution in [0.3, 0.4) is 0 Å². The predicted octanol–water partition coefficient (Wildman–Crippen LogP) is 2.82. The van der Waals surface area contributed by atoms with Crippen LogP contribution in [-0.4, -0.2) is 27.7 Å². The van der Waals surface area contributed by atoms with Crippen molar-refractivity contribution in [2.75, 3.05) is 7.11 Å². The van der Waals surface area contributed by atoms with Gasteiger partial charge in [0.25, 0.3) is 0 Å². The van der Waals surface area contributed by atoms with E-state index in [1.807, 2.05) is 20.8 Å². The van der Waals surface area contributed by atoms with E-state index in [0.717, 1.165) is 12.1 Å². The second-order valence-electron chi connectivity index (χ2n) is 6.01. The van der Waals surface area contributed by atoms with Crippen molar-refractivity contribution in [1.29, 1.82) is 0 Å². The van der Waals surface area contributed by atoms with Gasteiger partial charge in [0.1, 0.15) is 10.7 Å². The summed E-state index contributed by atoms with van der Waals surface area (Å²) in [6.07, 6.45) is -0.0341. The maximum Gasteiger partial charge on any atom is 0.242 e. The number of benzene rings is 1. The van der Waals surface area contributed by atoms with Gasteiger partial charge in [-0.2, -0.15) is 0 Å². The fraction of sp³-hybridized carbons (Fsp3) is 0.571. The first-order valence-corrected chi connectivity index (χ1v) is 8.47. The van der Waals surface area contributed by atoms with Gasteiger partial charge in [-0.3, -0.25) is 0 Å². The van der Waals surface area contributed by atoms with E-state index < -0.39 is 15.8 Å². The first-order chi connectivity index (χ1) is 9.61. The summed E-state index contributed by atoms with van der Waals surface area (Å²) in [4.78, 5) is -0.243. The highest BCUT2D eigenvalue weighted by molar-refractivity contribution is 7.89. The highest BCUT2D eigenvalue weighted by atomic mass is 35.5. The van der Waals surface area contributed by atoms with Crippen molar-refractivity contribution < 1.29 is 17.5 Å². The van der Waals surface area contributed by atoms with Gasteiger partial charge in [-0.25, -0.2) is 17.5 Å². The monoisotopic (exact) mass is 335 g/mol. The summed E-state index contributed by atoms with van der Waals surface area (Å²) in [5.74, 6) is -0.623. The van der Waals surface area contributed by atoms with Crippen molar-refractivity contribution in [2.45, 2.75) is 37.8 Å². The smallest absolute Gasteiger partial charge is 0.242 e. The van der Waals surface area contributed by atoms with Crippen molar-refractivity contribution in [3.8, 4) is 0 Å². The van der Waals surface area contributed by atoms with Crippen molar-refractivity contribution in [2.24, 2.45) is 11.3 Å². The molecule has 0 heterocycles. The molecule has 0 aliphatic heterocycles. The van der Waals surface area contributed by atoms with Gasteiger partial charge in [0.15, 0.2) is 0 Å². The van der Waals surface area contributed by atoms with Crippen LogP contribution in [0.4, 0.5) is 4.39 Å². The third-order valence-electron chi connectivity index (χ3n) is 4.26. The van der Waals surface area contributed by atoms with Crippen LogP contribution in [0.15, 0.2) is 23.1 Å². The Labute approximate surface area is 129 Å². The molecule has 1 aromatic carbocycles. The van der Waals surface area contributed by atoms with Gasteiger partial charge in [-0.05, 0) is 24.1 Å². The topological polar surface area (TPSA) is 55.4 Å². The number of hydrogen-bond acceptors (Lipinski definition) is 3. The van der Waals surface area contributed by atoms with Crippen LogP contribution in [0.5, 0.6) is 0 Å². The lowest BCUT2D eigenvalue weighted by molar-refractivity contribution is -0.138. The van der Waals surface area contributed by atoms with E-state index >= 15 is 0 Å². The third-order valence-corrected chi connectivity index (χ3v) is 6.18. The molecule has 1 aliphatic carbocycles. The van der Waals surface area contributed by atoms with E-state index in [1.54, 1.807) is 7.11 Å². The second-order valence-corrected chi connectivity index (χ2v) is 8.10. The minimum Gasteiger partial charge on any atom is -0.380 e. The molecule has 0 aromatic heterocycles. The van der Waals surface area contributed by atoms with E-state index in [2.05, 4.69) is 4.72 Å². The molecule has 1 saturated carbocycles. The predicted molar refractivity (Wildman–Crippen MR) is 79.3 cm³/mol. The first kappa shape index (κ1) is 16.7. The Morgan fingerprint density at radius 1 is 1.38 bits per heavy atom. The van der Waals surface area contributed by atoms with Crippen LogP contribution in [0.25, 0.3) is 0 Å². The lowest BCUT2D eigenvalue weighted by Gasteiger charge is -2.56. The number of rotatable bonds is 4. The summed E-state index contributed by atoms with van der Waals surface area (Å²) in [5, 5.41) is -0.00280. The zero-order valence-electron chi connectivity index (χ0n) is 12.4. The molecule has 2 rings (SSSR count). The molecule has 1 aliphatic rings. The average Bonchev–Trinajstić information content (AvgIpc) is 2.39. The number of sulfonamides is 1. The summed E-state index contributed by atoms with van der Waals surface area (Å²) in [7, 11) is -2.28. The van der Waals surface area contributed by atoms with Crippen LogP contribution >= 0.6 is 11.6 Å². The van der Waals surface area contributed by atoms with E-state index in [1.165, 1.54) is 6.07 Å². The Morgan fingerprint density at radius 2 is 2.00 bits per heavy atom. The Bertz CT molecular complexity index is 648. The summed E-state index contributed by atoms with van der Waals surface area (Å²) in [6, 6.07) is 2.98. The van der Waals surface area contributed by atoms with Crippen molar-refractivity contribution in [1.82, 2.24) is 4.72 Å². The molecule has 3 atom stereocenters. The Hall–Kier alpha value is -0.690. The maximum atomic E-state index is 13.3. The van der Waals surface area contributed by atoms with Crippen LogP contribution in [0.1, 0.15) is 20.8 Å². The Morgan fingerprint density at radius 3 is 2.52 bits per heavy atom. The lowest BCUT2D eigenvalue weighted by atomic mass is 9.58. The summed E-state index contributed by atoms with van der Waals surface area (Å²) in [5.41, 5.74) is -0.346. The van der Waals surface area contributed by atoms with E-state index in [-0.39, 0.29) is 33.4 Å². The molecule has 0 spiro atoms. The summed E-state index contributed by atoms with van der Waals surface area (Å²) >= 11 is 5.88. The van der Waals surface area contributed by atoms with Crippen LogP contribution < -0.4 is 4.72 Å². The van der Waals surface area contributed by atoms with Crippen LogP contribution in [-0.2, 0) is 14.8 Å². The van der Waals surface area contributed by atoms with Crippen molar-refractivity contribution in [3.63, 3.8) is 0 Å². The number of methoxy groups -OCH3 is 1. The summed E-state index contributed by atoms with van der Waals surface area (Å²) < 4.78 is 46.2. The minimum absolute atomic E-state index is 0.00280. The zero-order chi connectivity index (χ0) is 16.0. The molecule has 3 unspecified atom stereocenters. The standard InChI is InChI=1S/C14H19ClFNO3S/c1-8-12(14(2,3)13(8)20-4)17-21(18,19)11-7-9(16)5-6-10(11)15/h5-8,12-13,17H,1-4H3. The molecule has 0 bridgehead atoms. The number of ether oxygens (including phenoxy) is 1. The molecule has 21 heavy (non-hydrogen) atoms. The molecule has 1 aromatic rings. The third kappa shape index (κ3) is 2.82. The molecule has 0 saturated heterocycles. The molecular weight excluding hydrogens is 317 g/mol. The van der Waals surface area contributed by atoms with E-state index in [4.69, 9.17) is 16.3 Å². The fourth-order valence-corrected chi connectivity index (χ4v) is 5.27. The normalized spacial score (nSPS) is 28.2. The quantitative estimate of drug-likeness (QED) is 0.920. The molecular formula is C14H19ClFNO3S. The van der Waals surface area contributed by atoms with E-state index in [9.17, 15) is 12.8 Å². The maximum absolute atomic E-state index is 13.3. The highest BCUT2D eigenvalue weighted by Gasteiger charge is 2.56. The van der Waals surface area contributed by atoms with Crippen molar-refractivity contribution >= 4 is 21.6 Å². The SMILES string of the molecule is COC1C(C)C(NS(=O)(=O)c2cc(F)ccc2Cl)C1(C)C. The number of nitrogens with one attached hydrogen (secondary N) is 1. The fourth-order valence-electron chi connectivity index (χ4n) is 3.28. The minimum atomic E-state index is -3.89. The summed E-state index contributed by atoms with van der Waals surface area (Å²) in [6.45, 7) is 5.78. The van der Waals surface area contributed by atoms with Gasteiger partial charge in [0, 0.05) is 18.6 Å². The van der Waals surface area contributed by atoms with Crippen LogP contribution in [0, 0.1) is 17.2 Å². The Kier molecular flexibility index (Phi) is 4.37. The van der Waals surface area contributed by atoms with Gasteiger partial charge >= 0.3 is 0 Å². The molecule has 0 amide bonds. The molecule has 4 nitrogen and oxygen atoms in total. The van der Waals surface area contributed by atoms with Gasteiger partial charge in [-0.15, -0.1) is 0 Å². The molecule has 0 radical (unpaired) electrons. The number of hydrogen-bond donors (Lipinski definition) is 1. The molecule has 1 fully saturated rings. The zero-order valence-corrected chi connectivity index (χ0v) is 13.9. The van der Waals surface area contributed by atoms with Crippen LogP contribution in [0.2, 0.25) is 5.02 Å². The average molecular weight is 336 g/mol. The van der Waals surface area contributed by atoms with E-state index in [0.29, 0.717) is 0 Å².